The van der Waals surface area contributed by atoms with Gasteiger partial charge in [-0.05, 0) is 25.1 Å². The fourth-order valence-corrected chi connectivity index (χ4v) is 2.75. The molecule has 1 heterocycles. The predicted octanol–water partition coefficient (Wildman–Crippen LogP) is 3.80. The molecule has 0 bridgehead atoms. The van der Waals surface area contributed by atoms with Crippen LogP contribution in [0.5, 0.6) is 0 Å². The molecule has 132 valence electrons. The largest absolute Gasteiger partial charge is 0.297 e. The Morgan fingerprint density at radius 1 is 1.19 bits per heavy atom. The number of aromatic nitrogens is 2. The van der Waals surface area contributed by atoms with Crippen molar-refractivity contribution in [2.24, 2.45) is 12.0 Å². The quantitative estimate of drug-likeness (QED) is 0.398. The van der Waals surface area contributed by atoms with Crippen LogP contribution in [0, 0.1) is 17.0 Å². The van der Waals surface area contributed by atoms with Crippen LogP contribution in [0.15, 0.2) is 58.3 Å². The third-order valence-corrected chi connectivity index (χ3v) is 4.39. The number of hydrogen-bond donors (Lipinski definition) is 0. The SMILES string of the molecule is Cc1c(N=Cc2cc([N+](=O)[O-])ccc2Cl)c(=O)n(-c2ccccc2)n1C. The standard InChI is InChI=1S/C18H15ClN4O3/c1-12-17(18(24)22(21(12)2)14-6-4-3-5-7-14)20-11-13-10-15(23(25)26)8-9-16(13)19/h3-11H,1-2H3. The number of nitro benzene ring substituents is 1. The van der Waals surface area contributed by atoms with E-state index in [4.69, 9.17) is 11.6 Å². The summed E-state index contributed by atoms with van der Waals surface area (Å²) >= 11 is 6.08. The molecule has 0 saturated carbocycles. The highest BCUT2D eigenvalue weighted by atomic mass is 35.5. The van der Waals surface area contributed by atoms with Crippen LogP contribution in [-0.4, -0.2) is 20.5 Å². The average molecular weight is 371 g/mol. The smallest absolute Gasteiger partial charge is 0.283 e. The maximum atomic E-state index is 12.8. The second-order valence-corrected chi connectivity index (χ2v) is 6.04. The summed E-state index contributed by atoms with van der Waals surface area (Å²) in [5.74, 6) is 0. The maximum Gasteiger partial charge on any atom is 0.297 e. The molecule has 0 aliphatic heterocycles. The van der Waals surface area contributed by atoms with Crippen molar-refractivity contribution in [2.45, 2.75) is 6.92 Å². The molecule has 0 fully saturated rings. The molecule has 0 radical (unpaired) electrons. The van der Waals surface area contributed by atoms with Gasteiger partial charge in [0.15, 0.2) is 5.69 Å². The summed E-state index contributed by atoms with van der Waals surface area (Å²) in [5, 5.41) is 11.2. The fraction of sp³-hybridized carbons (Fsp3) is 0.111. The Kier molecular flexibility index (Phi) is 4.73. The van der Waals surface area contributed by atoms with Crippen molar-refractivity contribution in [1.29, 1.82) is 0 Å². The van der Waals surface area contributed by atoms with Crippen LogP contribution in [0.25, 0.3) is 5.69 Å². The lowest BCUT2D eigenvalue weighted by Crippen LogP contribution is -2.19. The lowest BCUT2D eigenvalue weighted by Gasteiger charge is -2.07. The molecule has 2 aromatic carbocycles. The summed E-state index contributed by atoms with van der Waals surface area (Å²) in [7, 11) is 1.77. The van der Waals surface area contributed by atoms with E-state index in [9.17, 15) is 14.9 Å². The second-order valence-electron chi connectivity index (χ2n) is 5.63. The van der Waals surface area contributed by atoms with Gasteiger partial charge in [-0.25, -0.2) is 9.67 Å². The summed E-state index contributed by atoms with van der Waals surface area (Å²) in [6, 6.07) is 13.3. The Morgan fingerprint density at radius 3 is 2.54 bits per heavy atom. The normalized spacial score (nSPS) is 11.2. The van der Waals surface area contributed by atoms with Crippen molar-refractivity contribution in [2.75, 3.05) is 0 Å². The number of halogens is 1. The molecule has 3 aromatic rings. The van der Waals surface area contributed by atoms with Crippen LogP contribution in [0.3, 0.4) is 0 Å². The number of hydrogen-bond acceptors (Lipinski definition) is 4. The van der Waals surface area contributed by atoms with Crippen molar-refractivity contribution < 1.29 is 4.92 Å². The summed E-state index contributed by atoms with van der Waals surface area (Å²) in [4.78, 5) is 27.4. The molecular formula is C18H15ClN4O3. The predicted molar refractivity (Wildman–Crippen MR) is 101 cm³/mol. The van der Waals surface area contributed by atoms with Crippen LogP contribution in [0.2, 0.25) is 5.02 Å². The molecule has 0 saturated heterocycles. The zero-order chi connectivity index (χ0) is 18.8. The summed E-state index contributed by atoms with van der Waals surface area (Å²) in [5.41, 5.74) is 1.62. The third kappa shape index (κ3) is 3.16. The Labute approximate surface area is 153 Å². The number of para-hydroxylation sites is 1. The Bertz CT molecular complexity index is 1070. The second kappa shape index (κ2) is 6.97. The van der Waals surface area contributed by atoms with Gasteiger partial charge in [0.2, 0.25) is 0 Å². The molecule has 0 aliphatic rings. The van der Waals surface area contributed by atoms with Crippen molar-refractivity contribution in [3.8, 4) is 5.69 Å². The van der Waals surface area contributed by atoms with E-state index in [0.717, 1.165) is 5.69 Å². The summed E-state index contributed by atoms with van der Waals surface area (Å²) < 4.78 is 3.22. The maximum absolute atomic E-state index is 12.8. The average Bonchev–Trinajstić information content (AvgIpc) is 2.84. The summed E-state index contributed by atoms with van der Waals surface area (Å²) in [6.45, 7) is 1.78. The van der Waals surface area contributed by atoms with Gasteiger partial charge in [0.1, 0.15) is 0 Å². The highest BCUT2D eigenvalue weighted by molar-refractivity contribution is 6.33. The van der Waals surface area contributed by atoms with Gasteiger partial charge in [0.25, 0.3) is 11.2 Å². The van der Waals surface area contributed by atoms with E-state index in [2.05, 4.69) is 4.99 Å². The lowest BCUT2D eigenvalue weighted by atomic mass is 10.2. The molecule has 3 rings (SSSR count). The van der Waals surface area contributed by atoms with Crippen molar-refractivity contribution in [1.82, 2.24) is 9.36 Å². The van der Waals surface area contributed by atoms with Gasteiger partial charge in [0.05, 0.1) is 16.3 Å². The molecule has 8 heteroatoms. The molecule has 0 aliphatic carbocycles. The lowest BCUT2D eigenvalue weighted by molar-refractivity contribution is -0.384. The Balaban J connectivity index is 2.07. The Hall–Kier alpha value is -3.19. The van der Waals surface area contributed by atoms with Crippen LogP contribution in [-0.2, 0) is 7.05 Å². The first-order valence-corrected chi connectivity index (χ1v) is 8.10. The first-order chi connectivity index (χ1) is 12.4. The number of benzene rings is 2. The molecule has 0 atom stereocenters. The van der Waals surface area contributed by atoms with E-state index in [1.54, 1.807) is 18.7 Å². The van der Waals surface area contributed by atoms with Crippen molar-refractivity contribution in [3.05, 3.63) is 85.3 Å². The molecule has 26 heavy (non-hydrogen) atoms. The Morgan fingerprint density at radius 2 is 1.88 bits per heavy atom. The minimum absolute atomic E-state index is 0.0951. The number of nitro groups is 1. The number of rotatable bonds is 4. The van der Waals surface area contributed by atoms with Gasteiger partial charge >= 0.3 is 0 Å². The van der Waals surface area contributed by atoms with Gasteiger partial charge in [0, 0.05) is 36.0 Å². The van der Waals surface area contributed by atoms with Crippen molar-refractivity contribution >= 4 is 29.2 Å². The van der Waals surface area contributed by atoms with E-state index < -0.39 is 4.92 Å². The zero-order valence-corrected chi connectivity index (χ0v) is 14.8. The molecule has 0 spiro atoms. The van der Waals surface area contributed by atoms with Crippen LogP contribution in [0.1, 0.15) is 11.3 Å². The van der Waals surface area contributed by atoms with Gasteiger partial charge in [-0.2, -0.15) is 0 Å². The van der Waals surface area contributed by atoms with Gasteiger partial charge in [-0.3, -0.25) is 19.6 Å². The highest BCUT2D eigenvalue weighted by Gasteiger charge is 2.15. The van der Waals surface area contributed by atoms with E-state index in [0.29, 0.717) is 16.3 Å². The first-order valence-electron chi connectivity index (χ1n) is 7.72. The topological polar surface area (TPSA) is 82.4 Å². The minimum Gasteiger partial charge on any atom is -0.283 e. The van der Waals surface area contributed by atoms with Gasteiger partial charge in [-0.15, -0.1) is 0 Å². The molecule has 1 aromatic heterocycles. The van der Waals surface area contributed by atoms with E-state index in [1.807, 2.05) is 30.3 Å². The van der Waals surface area contributed by atoms with E-state index in [1.165, 1.54) is 29.1 Å². The first kappa shape index (κ1) is 17.6. The van der Waals surface area contributed by atoms with Gasteiger partial charge < -0.3 is 0 Å². The summed E-state index contributed by atoms with van der Waals surface area (Å²) in [6.07, 6.45) is 1.37. The van der Waals surface area contributed by atoms with E-state index in [-0.39, 0.29) is 16.9 Å². The zero-order valence-electron chi connectivity index (χ0n) is 14.1. The van der Waals surface area contributed by atoms with E-state index >= 15 is 0 Å². The minimum atomic E-state index is -0.510. The number of aliphatic imine (C=N–C) groups is 1. The number of non-ortho nitro benzene ring substituents is 1. The highest BCUT2D eigenvalue weighted by Crippen LogP contribution is 2.22. The fourth-order valence-electron chi connectivity index (χ4n) is 2.58. The third-order valence-electron chi connectivity index (χ3n) is 4.05. The monoisotopic (exact) mass is 370 g/mol. The number of nitrogens with zero attached hydrogens (tertiary/aromatic N) is 4. The molecule has 0 amide bonds. The van der Waals surface area contributed by atoms with Crippen LogP contribution in [0.4, 0.5) is 11.4 Å². The van der Waals surface area contributed by atoms with Crippen molar-refractivity contribution in [3.63, 3.8) is 0 Å². The van der Waals surface area contributed by atoms with Crippen LogP contribution < -0.4 is 5.56 Å². The van der Waals surface area contributed by atoms with Crippen LogP contribution >= 0.6 is 11.6 Å². The molecular weight excluding hydrogens is 356 g/mol. The van der Waals surface area contributed by atoms with Gasteiger partial charge in [-0.1, -0.05) is 29.8 Å². The molecule has 7 nitrogen and oxygen atoms in total. The molecule has 0 N–H and O–H groups in total. The molecule has 0 unspecified atom stereocenters.